The van der Waals surface area contributed by atoms with Gasteiger partial charge in [-0.05, 0) is 28.1 Å². The molecular formula is C8H20N2O. The van der Waals surface area contributed by atoms with Crippen molar-refractivity contribution < 1.29 is 5.11 Å². The Morgan fingerprint density at radius 2 is 1.73 bits per heavy atom. The first-order valence-electron chi connectivity index (χ1n) is 4.03. The fourth-order valence-electron chi connectivity index (χ4n) is 0.913. The van der Waals surface area contributed by atoms with Crippen LogP contribution in [0.1, 0.15) is 6.92 Å². The topological polar surface area (TPSA) is 26.7 Å². The summed E-state index contributed by atoms with van der Waals surface area (Å²) in [6.45, 7) is 4.63. The van der Waals surface area contributed by atoms with Crippen molar-refractivity contribution in [2.45, 2.75) is 13.0 Å². The summed E-state index contributed by atoms with van der Waals surface area (Å²) < 4.78 is 0. The summed E-state index contributed by atoms with van der Waals surface area (Å²) in [4.78, 5) is 4.27. The second-order valence-corrected chi connectivity index (χ2v) is 3.41. The van der Waals surface area contributed by atoms with Gasteiger partial charge in [0.2, 0.25) is 0 Å². The van der Waals surface area contributed by atoms with Gasteiger partial charge in [-0.15, -0.1) is 0 Å². The van der Waals surface area contributed by atoms with Gasteiger partial charge in [-0.25, -0.2) is 0 Å². The summed E-state index contributed by atoms with van der Waals surface area (Å²) in [5.41, 5.74) is 0. The van der Waals surface area contributed by atoms with Gasteiger partial charge in [0, 0.05) is 19.6 Å². The van der Waals surface area contributed by atoms with E-state index in [9.17, 15) is 0 Å². The molecule has 0 aromatic heterocycles. The molecule has 0 saturated carbocycles. The number of hydrogen-bond donors (Lipinski definition) is 1. The minimum atomic E-state index is -0.220. The summed E-state index contributed by atoms with van der Waals surface area (Å²) in [6.07, 6.45) is -0.220. The lowest BCUT2D eigenvalue weighted by Gasteiger charge is -2.20. The van der Waals surface area contributed by atoms with Gasteiger partial charge in [-0.2, -0.15) is 0 Å². The maximum atomic E-state index is 9.03. The Labute approximate surface area is 69.6 Å². The molecule has 0 unspecified atom stereocenters. The summed E-state index contributed by atoms with van der Waals surface area (Å²) >= 11 is 0. The Kier molecular flexibility index (Phi) is 5.46. The van der Waals surface area contributed by atoms with Crippen LogP contribution in [0.4, 0.5) is 0 Å². The average Bonchev–Trinajstić information content (AvgIpc) is 1.82. The van der Waals surface area contributed by atoms with E-state index in [1.807, 2.05) is 14.0 Å². The minimum Gasteiger partial charge on any atom is -0.392 e. The molecular weight excluding hydrogens is 140 g/mol. The van der Waals surface area contributed by atoms with Gasteiger partial charge in [0.1, 0.15) is 0 Å². The van der Waals surface area contributed by atoms with Crippen LogP contribution in [0.25, 0.3) is 0 Å². The monoisotopic (exact) mass is 160 g/mol. The largest absolute Gasteiger partial charge is 0.392 e. The van der Waals surface area contributed by atoms with Crippen molar-refractivity contribution in [1.82, 2.24) is 9.80 Å². The second kappa shape index (κ2) is 5.52. The Morgan fingerprint density at radius 1 is 1.18 bits per heavy atom. The van der Waals surface area contributed by atoms with Gasteiger partial charge in [0.05, 0.1) is 6.10 Å². The van der Waals surface area contributed by atoms with E-state index in [0.29, 0.717) is 0 Å². The van der Waals surface area contributed by atoms with Crippen LogP contribution in [0.5, 0.6) is 0 Å². The highest BCUT2D eigenvalue weighted by Gasteiger charge is 2.01. The minimum absolute atomic E-state index is 0.220. The molecule has 0 radical (unpaired) electrons. The maximum absolute atomic E-state index is 9.03. The highest BCUT2D eigenvalue weighted by Crippen LogP contribution is 1.87. The van der Waals surface area contributed by atoms with Crippen LogP contribution in [-0.2, 0) is 0 Å². The maximum Gasteiger partial charge on any atom is 0.0638 e. The predicted octanol–water partition coefficient (Wildman–Crippen LogP) is -0.139. The third-order valence-electron chi connectivity index (χ3n) is 1.50. The molecule has 1 N–H and O–H groups in total. The van der Waals surface area contributed by atoms with Crippen molar-refractivity contribution >= 4 is 0 Å². The summed E-state index contributed by atoms with van der Waals surface area (Å²) in [5, 5.41) is 9.03. The summed E-state index contributed by atoms with van der Waals surface area (Å²) in [5.74, 6) is 0. The van der Waals surface area contributed by atoms with E-state index in [4.69, 9.17) is 5.11 Å². The number of nitrogens with zero attached hydrogens (tertiary/aromatic N) is 2. The van der Waals surface area contributed by atoms with Crippen LogP contribution in [0, 0.1) is 0 Å². The van der Waals surface area contributed by atoms with Crippen LogP contribution >= 0.6 is 0 Å². The van der Waals surface area contributed by atoms with Crippen LogP contribution in [0.15, 0.2) is 0 Å². The molecule has 0 aromatic rings. The smallest absolute Gasteiger partial charge is 0.0638 e. The standard InChI is InChI=1S/C8H20N2O/c1-8(11)7-10(4)6-5-9(2)3/h8,11H,5-7H2,1-4H3/t8-/m0/s1. The SMILES string of the molecule is C[C@H](O)CN(C)CCN(C)C. The van der Waals surface area contributed by atoms with Crippen molar-refractivity contribution in [1.29, 1.82) is 0 Å². The van der Waals surface area contributed by atoms with Crippen LogP contribution in [0.3, 0.4) is 0 Å². The summed E-state index contributed by atoms with van der Waals surface area (Å²) in [7, 11) is 6.13. The molecule has 0 saturated heterocycles. The van der Waals surface area contributed by atoms with Gasteiger partial charge in [-0.1, -0.05) is 0 Å². The van der Waals surface area contributed by atoms with E-state index >= 15 is 0 Å². The molecule has 68 valence electrons. The van der Waals surface area contributed by atoms with E-state index < -0.39 is 0 Å². The van der Waals surface area contributed by atoms with Gasteiger partial charge in [0.25, 0.3) is 0 Å². The van der Waals surface area contributed by atoms with E-state index in [0.717, 1.165) is 19.6 Å². The molecule has 0 fully saturated rings. The first kappa shape index (κ1) is 10.9. The van der Waals surface area contributed by atoms with Crippen molar-refractivity contribution in [3.05, 3.63) is 0 Å². The molecule has 3 heteroatoms. The molecule has 0 aliphatic heterocycles. The molecule has 0 heterocycles. The molecule has 3 nitrogen and oxygen atoms in total. The predicted molar refractivity (Wildman–Crippen MR) is 47.7 cm³/mol. The zero-order chi connectivity index (χ0) is 8.85. The zero-order valence-corrected chi connectivity index (χ0v) is 8.04. The van der Waals surface area contributed by atoms with Crippen molar-refractivity contribution in [2.24, 2.45) is 0 Å². The Hall–Kier alpha value is -0.120. The average molecular weight is 160 g/mol. The van der Waals surface area contributed by atoms with Gasteiger partial charge in [0.15, 0.2) is 0 Å². The molecule has 0 aliphatic carbocycles. The molecule has 0 bridgehead atoms. The first-order valence-corrected chi connectivity index (χ1v) is 4.03. The van der Waals surface area contributed by atoms with Crippen molar-refractivity contribution in [3.63, 3.8) is 0 Å². The highest BCUT2D eigenvalue weighted by molar-refractivity contribution is 4.57. The molecule has 0 rings (SSSR count). The van der Waals surface area contributed by atoms with Crippen LogP contribution in [-0.4, -0.2) is 61.8 Å². The Balaban J connectivity index is 3.29. The quantitative estimate of drug-likeness (QED) is 0.606. The molecule has 0 aromatic carbocycles. The molecule has 11 heavy (non-hydrogen) atoms. The Morgan fingerprint density at radius 3 is 2.09 bits per heavy atom. The molecule has 0 amide bonds. The Bertz CT molecular complexity index is 94.1. The lowest BCUT2D eigenvalue weighted by Crippen LogP contribution is -2.33. The third kappa shape index (κ3) is 7.78. The lowest BCUT2D eigenvalue weighted by molar-refractivity contribution is 0.137. The summed E-state index contributed by atoms with van der Waals surface area (Å²) in [6, 6.07) is 0. The van der Waals surface area contributed by atoms with E-state index in [2.05, 4.69) is 23.9 Å². The van der Waals surface area contributed by atoms with Gasteiger partial charge < -0.3 is 14.9 Å². The van der Waals surface area contributed by atoms with E-state index in [1.54, 1.807) is 0 Å². The van der Waals surface area contributed by atoms with E-state index in [1.165, 1.54) is 0 Å². The highest BCUT2D eigenvalue weighted by atomic mass is 16.3. The number of rotatable bonds is 5. The fourth-order valence-corrected chi connectivity index (χ4v) is 0.913. The molecule has 0 aliphatic rings. The number of hydrogen-bond acceptors (Lipinski definition) is 3. The third-order valence-corrected chi connectivity index (χ3v) is 1.50. The van der Waals surface area contributed by atoms with Crippen LogP contribution in [0.2, 0.25) is 0 Å². The lowest BCUT2D eigenvalue weighted by atomic mass is 10.4. The molecule has 0 spiro atoms. The van der Waals surface area contributed by atoms with Gasteiger partial charge in [-0.3, -0.25) is 0 Å². The van der Waals surface area contributed by atoms with Gasteiger partial charge >= 0.3 is 0 Å². The number of aliphatic hydroxyl groups excluding tert-OH is 1. The molecule has 1 atom stereocenters. The normalized spacial score (nSPS) is 14.5. The first-order chi connectivity index (χ1) is 5.02. The second-order valence-electron chi connectivity index (χ2n) is 3.41. The van der Waals surface area contributed by atoms with Crippen LogP contribution < -0.4 is 0 Å². The van der Waals surface area contributed by atoms with Crippen molar-refractivity contribution in [2.75, 3.05) is 40.8 Å². The fraction of sp³-hybridized carbons (Fsp3) is 1.00. The number of aliphatic hydroxyl groups is 1. The number of likely N-dealkylation sites (N-methyl/N-ethyl adjacent to an activating group) is 2. The van der Waals surface area contributed by atoms with Crippen molar-refractivity contribution in [3.8, 4) is 0 Å². The zero-order valence-electron chi connectivity index (χ0n) is 8.04. The van der Waals surface area contributed by atoms with E-state index in [-0.39, 0.29) is 6.10 Å².